The maximum Gasteiger partial charge on any atom is 0.266 e. The standard InChI is InChI=1S/C21H16ClN7O3S/c22-15-7-1-2-8-16(15)32-17-9-4-10-18-19(17)24-21(27-33(18,30)31)23-12-13-5-3-6-14(11-13)20-25-28-29-26-20/h1-11H,12H2,(H2,23,24,27)(H,25,26,28,29). The Morgan fingerprint density at radius 3 is 2.64 bits per heavy atom. The Hall–Kier alpha value is -3.96. The Kier molecular flexibility index (Phi) is 5.40. The lowest BCUT2D eigenvalue weighted by atomic mass is 10.1. The van der Waals surface area contributed by atoms with Gasteiger partial charge in [-0.25, -0.2) is 18.1 Å². The van der Waals surface area contributed by atoms with Gasteiger partial charge in [0.15, 0.2) is 5.75 Å². The van der Waals surface area contributed by atoms with Crippen LogP contribution in [0.4, 0.5) is 5.69 Å². The van der Waals surface area contributed by atoms with E-state index in [-0.39, 0.29) is 23.1 Å². The summed E-state index contributed by atoms with van der Waals surface area (Å²) in [5, 5.41) is 17.3. The molecular formula is C21H16ClN7O3S. The first-order chi connectivity index (χ1) is 16.0. The first-order valence-corrected chi connectivity index (χ1v) is 11.6. The number of fused-ring (bicyclic) bond motifs is 1. The molecule has 0 bridgehead atoms. The number of anilines is 1. The van der Waals surface area contributed by atoms with Gasteiger partial charge in [0.1, 0.15) is 16.3 Å². The van der Waals surface area contributed by atoms with Gasteiger partial charge in [-0.05, 0) is 41.1 Å². The van der Waals surface area contributed by atoms with Gasteiger partial charge in [-0.3, -0.25) is 0 Å². The third-order valence-electron chi connectivity index (χ3n) is 4.76. The number of nitrogens with zero attached hydrogens (tertiary/aromatic N) is 4. The highest BCUT2D eigenvalue weighted by atomic mass is 35.5. The summed E-state index contributed by atoms with van der Waals surface area (Å²) in [6.45, 7) is 0.208. The number of sulfonamides is 1. The lowest BCUT2D eigenvalue weighted by molar-refractivity contribution is 0.483. The average molecular weight is 482 g/mol. The fourth-order valence-electron chi connectivity index (χ4n) is 3.25. The maximum absolute atomic E-state index is 12.8. The molecule has 10 nitrogen and oxygen atoms in total. The maximum atomic E-state index is 12.8. The summed E-state index contributed by atoms with van der Waals surface area (Å²) in [7, 11) is -3.85. The van der Waals surface area contributed by atoms with Crippen LogP contribution in [-0.4, -0.2) is 35.0 Å². The van der Waals surface area contributed by atoms with Crippen LogP contribution in [0.5, 0.6) is 11.5 Å². The van der Waals surface area contributed by atoms with Crippen LogP contribution in [0.2, 0.25) is 5.02 Å². The van der Waals surface area contributed by atoms with Crippen molar-refractivity contribution < 1.29 is 13.2 Å². The van der Waals surface area contributed by atoms with Gasteiger partial charge in [0.05, 0.1) is 11.6 Å². The lowest BCUT2D eigenvalue weighted by Gasteiger charge is -2.23. The summed E-state index contributed by atoms with van der Waals surface area (Å²) < 4.78 is 34.0. The predicted octanol–water partition coefficient (Wildman–Crippen LogP) is 3.57. The molecule has 2 heterocycles. The highest BCUT2D eigenvalue weighted by molar-refractivity contribution is 7.90. The number of hydrogen-bond acceptors (Lipinski definition) is 7. The van der Waals surface area contributed by atoms with E-state index >= 15 is 0 Å². The van der Waals surface area contributed by atoms with Crippen molar-refractivity contribution in [2.75, 3.05) is 5.32 Å². The molecule has 0 saturated heterocycles. The van der Waals surface area contributed by atoms with Gasteiger partial charge in [-0.2, -0.15) is 5.21 Å². The minimum Gasteiger partial charge on any atom is -0.454 e. The summed E-state index contributed by atoms with van der Waals surface area (Å²) in [5.74, 6) is 1.23. The van der Waals surface area contributed by atoms with E-state index in [1.54, 1.807) is 36.4 Å². The molecule has 0 spiro atoms. The number of aliphatic imine (C=N–C) groups is 1. The van der Waals surface area contributed by atoms with Crippen molar-refractivity contribution in [1.82, 2.24) is 25.3 Å². The number of nitrogens with one attached hydrogen (secondary N) is 3. The van der Waals surface area contributed by atoms with Crippen LogP contribution in [0.3, 0.4) is 0 Å². The summed E-state index contributed by atoms with van der Waals surface area (Å²) >= 11 is 6.19. The summed E-state index contributed by atoms with van der Waals surface area (Å²) in [6, 6.07) is 19.1. The number of tetrazole rings is 1. The van der Waals surface area contributed by atoms with E-state index in [9.17, 15) is 8.42 Å². The van der Waals surface area contributed by atoms with Crippen LogP contribution in [0, 0.1) is 0 Å². The molecule has 0 amide bonds. The number of H-pyrrole nitrogens is 1. The molecule has 1 aliphatic heterocycles. The first kappa shape index (κ1) is 20.9. The monoisotopic (exact) mass is 481 g/mol. The molecule has 4 aromatic rings. The van der Waals surface area contributed by atoms with E-state index in [4.69, 9.17) is 16.3 Å². The fourth-order valence-corrected chi connectivity index (χ4v) is 4.58. The number of para-hydroxylation sites is 2. The van der Waals surface area contributed by atoms with Crippen molar-refractivity contribution in [3.05, 3.63) is 77.3 Å². The van der Waals surface area contributed by atoms with Crippen LogP contribution in [-0.2, 0) is 16.6 Å². The second-order valence-electron chi connectivity index (χ2n) is 6.99. The van der Waals surface area contributed by atoms with Crippen molar-refractivity contribution in [2.24, 2.45) is 4.99 Å². The van der Waals surface area contributed by atoms with Gasteiger partial charge < -0.3 is 10.1 Å². The Morgan fingerprint density at radius 2 is 1.82 bits per heavy atom. The van der Waals surface area contributed by atoms with E-state index in [2.05, 4.69) is 35.7 Å². The zero-order valence-electron chi connectivity index (χ0n) is 16.9. The Bertz CT molecular complexity index is 1460. The minimum absolute atomic E-state index is 0.0464. The Morgan fingerprint density at radius 1 is 1.00 bits per heavy atom. The quantitative estimate of drug-likeness (QED) is 0.396. The molecule has 0 saturated carbocycles. The van der Waals surface area contributed by atoms with E-state index in [1.165, 1.54) is 6.07 Å². The molecule has 166 valence electrons. The van der Waals surface area contributed by atoms with Crippen molar-refractivity contribution >= 4 is 33.3 Å². The number of ether oxygens (including phenoxy) is 1. The molecule has 0 atom stereocenters. The summed E-state index contributed by atoms with van der Waals surface area (Å²) in [6.07, 6.45) is 0. The zero-order chi connectivity index (χ0) is 22.8. The van der Waals surface area contributed by atoms with Crippen LogP contribution in [0.25, 0.3) is 11.4 Å². The van der Waals surface area contributed by atoms with Gasteiger partial charge in [-0.15, -0.1) is 10.2 Å². The molecule has 33 heavy (non-hydrogen) atoms. The topological polar surface area (TPSA) is 134 Å². The van der Waals surface area contributed by atoms with E-state index in [0.29, 0.717) is 22.3 Å². The smallest absolute Gasteiger partial charge is 0.266 e. The molecule has 3 aromatic carbocycles. The third-order valence-corrected chi connectivity index (χ3v) is 6.45. The SMILES string of the molecule is O=S1(=O)NC(=NCc2cccc(-c3nn[nH]n3)c2)Nc2c(Oc3ccccc3Cl)cccc21. The van der Waals surface area contributed by atoms with E-state index in [1.807, 2.05) is 24.3 Å². The second-order valence-corrected chi connectivity index (χ2v) is 9.05. The van der Waals surface area contributed by atoms with E-state index in [0.717, 1.165) is 11.1 Å². The molecule has 3 N–H and O–H groups in total. The van der Waals surface area contributed by atoms with Crippen LogP contribution in [0.15, 0.2) is 76.6 Å². The molecule has 0 unspecified atom stereocenters. The largest absolute Gasteiger partial charge is 0.454 e. The average Bonchev–Trinajstić information content (AvgIpc) is 3.35. The zero-order valence-corrected chi connectivity index (χ0v) is 18.4. The highest BCUT2D eigenvalue weighted by Gasteiger charge is 2.29. The number of rotatable bonds is 5. The van der Waals surface area contributed by atoms with Crippen molar-refractivity contribution in [3.63, 3.8) is 0 Å². The van der Waals surface area contributed by atoms with Gasteiger partial charge >= 0.3 is 0 Å². The molecule has 0 aliphatic carbocycles. The first-order valence-electron chi connectivity index (χ1n) is 9.72. The molecule has 1 aromatic heterocycles. The van der Waals surface area contributed by atoms with E-state index < -0.39 is 10.0 Å². The number of halogens is 1. The lowest BCUT2D eigenvalue weighted by Crippen LogP contribution is -2.40. The van der Waals surface area contributed by atoms with Gasteiger partial charge in [-0.1, -0.05) is 48.0 Å². The van der Waals surface area contributed by atoms with Crippen molar-refractivity contribution in [3.8, 4) is 22.9 Å². The number of aromatic nitrogens is 4. The molecular weight excluding hydrogens is 466 g/mol. The molecule has 0 fully saturated rings. The normalized spacial score (nSPS) is 15.4. The molecule has 1 aliphatic rings. The third kappa shape index (κ3) is 4.36. The fraction of sp³-hybridized carbons (Fsp3) is 0.0476. The van der Waals surface area contributed by atoms with Crippen LogP contribution < -0.4 is 14.8 Å². The van der Waals surface area contributed by atoms with Crippen LogP contribution >= 0.6 is 11.6 Å². The second kappa shape index (κ2) is 8.52. The van der Waals surface area contributed by atoms with Crippen molar-refractivity contribution in [2.45, 2.75) is 11.4 Å². The number of hydrogen-bond donors (Lipinski definition) is 3. The van der Waals surface area contributed by atoms with Gasteiger partial charge in [0, 0.05) is 5.56 Å². The minimum atomic E-state index is -3.85. The van der Waals surface area contributed by atoms with Crippen molar-refractivity contribution in [1.29, 1.82) is 0 Å². The Labute approximate surface area is 193 Å². The Balaban J connectivity index is 1.44. The summed E-state index contributed by atoms with van der Waals surface area (Å²) in [5.41, 5.74) is 1.87. The predicted molar refractivity (Wildman–Crippen MR) is 123 cm³/mol. The molecule has 0 radical (unpaired) electrons. The number of guanidine groups is 1. The highest BCUT2D eigenvalue weighted by Crippen LogP contribution is 2.38. The number of benzene rings is 3. The van der Waals surface area contributed by atoms with Crippen LogP contribution in [0.1, 0.15) is 5.56 Å². The van der Waals surface area contributed by atoms with Gasteiger partial charge in [0.2, 0.25) is 11.8 Å². The van der Waals surface area contributed by atoms with Gasteiger partial charge in [0.25, 0.3) is 10.0 Å². The summed E-state index contributed by atoms with van der Waals surface area (Å²) in [4.78, 5) is 4.45. The number of aromatic amines is 1. The molecule has 12 heteroatoms. The molecule has 5 rings (SSSR count).